The summed E-state index contributed by atoms with van der Waals surface area (Å²) in [7, 11) is 0. The van der Waals surface area contributed by atoms with Crippen LogP contribution in [0.3, 0.4) is 0 Å². The number of hydrogen-bond acceptors (Lipinski definition) is 4. The molecule has 0 aliphatic carbocycles. The lowest BCUT2D eigenvalue weighted by Gasteiger charge is -2.06. The van der Waals surface area contributed by atoms with Gasteiger partial charge in [0.1, 0.15) is 5.40 Å². The summed E-state index contributed by atoms with van der Waals surface area (Å²) < 4.78 is 4.95. The average molecular weight is 173 g/mol. The van der Waals surface area contributed by atoms with Gasteiger partial charge in [0.25, 0.3) is 0 Å². The lowest BCUT2D eigenvalue weighted by molar-refractivity contribution is 0.0626. The molecule has 0 fully saturated rings. The van der Waals surface area contributed by atoms with Gasteiger partial charge >= 0.3 is 0 Å². The fourth-order valence-corrected chi connectivity index (χ4v) is 0.832. The quantitative estimate of drug-likeness (QED) is 0.366. The van der Waals surface area contributed by atoms with E-state index in [1.54, 1.807) is 6.08 Å². The molecule has 0 heterocycles. The number of nitriles is 1. The number of aliphatic hydroxyl groups excluding tert-OH is 1. The van der Waals surface area contributed by atoms with E-state index in [-0.39, 0.29) is 6.61 Å². The first-order valence-corrected chi connectivity index (χ1v) is 4.17. The van der Waals surface area contributed by atoms with Crippen molar-refractivity contribution in [1.82, 2.24) is 0 Å². The maximum Gasteiger partial charge on any atom is 0.133 e. The van der Waals surface area contributed by atoms with Crippen LogP contribution in [0.15, 0.2) is 12.7 Å². The van der Waals surface area contributed by atoms with E-state index in [0.717, 1.165) is 11.8 Å². The van der Waals surface area contributed by atoms with Crippen molar-refractivity contribution in [2.24, 2.45) is 0 Å². The molecule has 0 rings (SSSR count). The first-order chi connectivity index (χ1) is 5.31. The molecule has 0 bridgehead atoms. The van der Waals surface area contributed by atoms with Crippen molar-refractivity contribution >= 4 is 11.8 Å². The fourth-order valence-electron chi connectivity index (χ4n) is 0.469. The number of ether oxygens (including phenoxy) is 1. The van der Waals surface area contributed by atoms with Crippen molar-refractivity contribution in [2.75, 3.05) is 19.0 Å². The molecule has 0 spiro atoms. The van der Waals surface area contributed by atoms with Gasteiger partial charge in [-0.1, -0.05) is 6.08 Å². The lowest BCUT2D eigenvalue weighted by atomic mass is 10.4. The summed E-state index contributed by atoms with van der Waals surface area (Å²) in [5.74, 6) is 0.396. The van der Waals surface area contributed by atoms with E-state index in [1.165, 1.54) is 0 Å². The van der Waals surface area contributed by atoms with Gasteiger partial charge in [-0.2, -0.15) is 5.26 Å². The zero-order valence-electron chi connectivity index (χ0n) is 6.19. The van der Waals surface area contributed by atoms with Crippen LogP contribution in [0.2, 0.25) is 0 Å². The molecule has 0 radical (unpaired) electrons. The summed E-state index contributed by atoms with van der Waals surface area (Å²) in [5, 5.41) is 19.1. The molecule has 0 saturated heterocycles. The van der Waals surface area contributed by atoms with Crippen LogP contribution < -0.4 is 0 Å². The van der Waals surface area contributed by atoms with Gasteiger partial charge in [-0.05, 0) is 11.8 Å². The van der Waals surface area contributed by atoms with Gasteiger partial charge in [-0.15, -0.1) is 6.58 Å². The van der Waals surface area contributed by atoms with Crippen LogP contribution in [0.4, 0.5) is 0 Å². The highest BCUT2D eigenvalue weighted by Crippen LogP contribution is 1.99. The maximum atomic E-state index is 9.08. The Morgan fingerprint density at radius 3 is 3.09 bits per heavy atom. The zero-order chi connectivity index (χ0) is 8.53. The third-order valence-electron chi connectivity index (χ3n) is 0.886. The highest BCUT2D eigenvalue weighted by Gasteiger charge is 2.02. The molecule has 11 heavy (non-hydrogen) atoms. The Kier molecular flexibility index (Phi) is 7.26. The van der Waals surface area contributed by atoms with Crippen molar-refractivity contribution in [1.29, 1.82) is 5.26 Å². The Balaban J connectivity index is 3.16. The summed E-state index contributed by atoms with van der Waals surface area (Å²) in [5.41, 5.74) is 0. The molecule has 0 aromatic rings. The monoisotopic (exact) mass is 173 g/mol. The van der Waals surface area contributed by atoms with E-state index < -0.39 is 6.10 Å². The Morgan fingerprint density at radius 2 is 2.55 bits per heavy atom. The van der Waals surface area contributed by atoms with Crippen LogP contribution in [0, 0.1) is 10.7 Å². The molecule has 0 aliphatic rings. The van der Waals surface area contributed by atoms with Crippen LogP contribution >= 0.6 is 11.8 Å². The lowest BCUT2D eigenvalue weighted by Crippen LogP contribution is -2.17. The molecular weight excluding hydrogens is 162 g/mol. The Morgan fingerprint density at radius 1 is 1.82 bits per heavy atom. The summed E-state index contributed by atoms with van der Waals surface area (Å²) in [6.07, 6.45) is 1.06. The standard InChI is InChI=1S/C7H11NO2S/c1-2-3-10-4-7(9)5-11-6-8/h2,7,9H,1,3-5H2. The molecule has 0 amide bonds. The largest absolute Gasteiger partial charge is 0.390 e. The van der Waals surface area contributed by atoms with E-state index in [9.17, 15) is 0 Å². The van der Waals surface area contributed by atoms with Crippen LogP contribution in [-0.2, 0) is 4.74 Å². The van der Waals surface area contributed by atoms with Crippen molar-refractivity contribution in [3.05, 3.63) is 12.7 Å². The van der Waals surface area contributed by atoms with Crippen LogP contribution in [-0.4, -0.2) is 30.2 Å². The number of nitrogens with zero attached hydrogens (tertiary/aromatic N) is 1. The second-order valence-corrected chi connectivity index (χ2v) is 2.69. The van der Waals surface area contributed by atoms with Crippen molar-refractivity contribution in [2.45, 2.75) is 6.10 Å². The molecule has 1 atom stereocenters. The first kappa shape index (κ1) is 10.5. The SMILES string of the molecule is C=CCOCC(O)CSC#N. The Bertz CT molecular complexity index is 144. The molecule has 4 heteroatoms. The van der Waals surface area contributed by atoms with E-state index in [0.29, 0.717) is 12.4 Å². The number of rotatable bonds is 6. The van der Waals surface area contributed by atoms with Crippen molar-refractivity contribution in [3.8, 4) is 5.40 Å². The van der Waals surface area contributed by atoms with Gasteiger partial charge in [0.05, 0.1) is 19.3 Å². The topological polar surface area (TPSA) is 53.2 Å². The molecule has 1 N–H and O–H groups in total. The van der Waals surface area contributed by atoms with E-state index in [1.807, 2.05) is 5.40 Å². The summed E-state index contributed by atoms with van der Waals surface area (Å²) in [4.78, 5) is 0. The van der Waals surface area contributed by atoms with Gasteiger partial charge in [-0.25, -0.2) is 0 Å². The van der Waals surface area contributed by atoms with Gasteiger partial charge in [0.2, 0.25) is 0 Å². The molecule has 0 aliphatic heterocycles. The van der Waals surface area contributed by atoms with Crippen molar-refractivity contribution < 1.29 is 9.84 Å². The Hall–Kier alpha value is -0.500. The molecule has 0 saturated carbocycles. The zero-order valence-corrected chi connectivity index (χ0v) is 7.01. The third kappa shape index (κ3) is 7.40. The first-order valence-electron chi connectivity index (χ1n) is 3.18. The van der Waals surface area contributed by atoms with Crippen LogP contribution in [0.5, 0.6) is 0 Å². The van der Waals surface area contributed by atoms with Crippen LogP contribution in [0.25, 0.3) is 0 Å². The van der Waals surface area contributed by atoms with E-state index in [4.69, 9.17) is 15.1 Å². The summed E-state index contributed by atoms with van der Waals surface area (Å²) in [6, 6.07) is 0. The number of aliphatic hydroxyl groups is 1. The maximum absolute atomic E-state index is 9.08. The highest BCUT2D eigenvalue weighted by molar-refractivity contribution is 8.03. The number of hydrogen-bond donors (Lipinski definition) is 1. The van der Waals surface area contributed by atoms with E-state index in [2.05, 4.69) is 6.58 Å². The second-order valence-electron chi connectivity index (χ2n) is 1.88. The number of thiocyanates is 1. The molecule has 3 nitrogen and oxygen atoms in total. The Labute approximate surface area is 70.7 Å². The predicted molar refractivity (Wildman–Crippen MR) is 45.1 cm³/mol. The number of thioether (sulfide) groups is 1. The molecule has 1 unspecified atom stereocenters. The normalized spacial score (nSPS) is 12.0. The fraction of sp³-hybridized carbons (Fsp3) is 0.571. The minimum atomic E-state index is -0.556. The molecule has 0 aromatic heterocycles. The van der Waals surface area contributed by atoms with Gasteiger partial charge in [-0.3, -0.25) is 0 Å². The van der Waals surface area contributed by atoms with Gasteiger partial charge in [0.15, 0.2) is 0 Å². The minimum absolute atomic E-state index is 0.265. The molecular formula is C7H11NO2S. The minimum Gasteiger partial charge on any atom is -0.390 e. The highest BCUT2D eigenvalue weighted by atomic mass is 32.2. The van der Waals surface area contributed by atoms with Gasteiger partial charge < -0.3 is 9.84 Å². The average Bonchev–Trinajstić information content (AvgIpc) is 2.01. The van der Waals surface area contributed by atoms with Crippen molar-refractivity contribution in [3.63, 3.8) is 0 Å². The summed E-state index contributed by atoms with van der Waals surface area (Å²) >= 11 is 1.02. The molecule has 0 aromatic carbocycles. The molecule has 62 valence electrons. The van der Waals surface area contributed by atoms with Crippen LogP contribution in [0.1, 0.15) is 0 Å². The second kappa shape index (κ2) is 7.61. The smallest absolute Gasteiger partial charge is 0.133 e. The van der Waals surface area contributed by atoms with E-state index >= 15 is 0 Å². The predicted octanol–water partition coefficient (Wildman–Crippen LogP) is 0.764. The summed E-state index contributed by atoms with van der Waals surface area (Å²) in [6.45, 7) is 4.16. The third-order valence-corrected chi connectivity index (χ3v) is 1.57. The van der Waals surface area contributed by atoms with Gasteiger partial charge in [0, 0.05) is 5.75 Å².